The van der Waals surface area contributed by atoms with Crippen molar-refractivity contribution in [2.45, 2.75) is 33.2 Å². The van der Waals surface area contributed by atoms with Crippen LogP contribution in [0.25, 0.3) is 11.0 Å². The summed E-state index contributed by atoms with van der Waals surface area (Å²) in [5.74, 6) is 1.52. The van der Waals surface area contributed by atoms with Gasteiger partial charge in [-0.1, -0.05) is 6.92 Å². The number of rotatable bonds is 8. The lowest BCUT2D eigenvalue weighted by Gasteiger charge is -2.29. The van der Waals surface area contributed by atoms with E-state index in [1.165, 1.54) is 0 Å². The van der Waals surface area contributed by atoms with Crippen molar-refractivity contribution < 1.29 is 4.74 Å². The average Bonchev–Trinajstić information content (AvgIpc) is 2.94. The molecule has 2 N–H and O–H groups in total. The summed E-state index contributed by atoms with van der Waals surface area (Å²) in [6.07, 6.45) is 2.80. The minimum Gasteiger partial charge on any atom is -0.383 e. The molecule has 0 aliphatic heterocycles. The lowest BCUT2D eigenvalue weighted by atomic mass is 10.2. The van der Waals surface area contributed by atoms with E-state index < -0.39 is 0 Å². The second kappa shape index (κ2) is 7.21. The third-order valence-corrected chi connectivity index (χ3v) is 3.38. The SMILES string of the molecule is CCCNc1nc(N(CC)C(C)COC)c2cn[nH]c2n1. The molecule has 116 valence electrons. The number of anilines is 2. The largest absolute Gasteiger partial charge is 0.383 e. The van der Waals surface area contributed by atoms with E-state index in [1.807, 2.05) is 0 Å². The highest BCUT2D eigenvalue weighted by molar-refractivity contribution is 5.87. The summed E-state index contributed by atoms with van der Waals surface area (Å²) in [6.45, 7) is 8.68. The van der Waals surface area contributed by atoms with Crippen molar-refractivity contribution in [3.63, 3.8) is 0 Å². The second-order valence-corrected chi connectivity index (χ2v) is 5.02. The predicted octanol–water partition coefficient (Wildman–Crippen LogP) is 2.04. The van der Waals surface area contributed by atoms with Gasteiger partial charge < -0.3 is 15.0 Å². The molecule has 2 heterocycles. The first-order valence-electron chi connectivity index (χ1n) is 7.41. The van der Waals surface area contributed by atoms with Crippen molar-refractivity contribution in [1.82, 2.24) is 20.2 Å². The molecule has 0 fully saturated rings. The topological polar surface area (TPSA) is 79.0 Å². The summed E-state index contributed by atoms with van der Waals surface area (Å²) < 4.78 is 5.27. The predicted molar refractivity (Wildman–Crippen MR) is 84.8 cm³/mol. The van der Waals surface area contributed by atoms with Gasteiger partial charge in [0.05, 0.1) is 24.2 Å². The van der Waals surface area contributed by atoms with Crippen molar-refractivity contribution in [2.75, 3.05) is 37.0 Å². The molecule has 0 amide bonds. The van der Waals surface area contributed by atoms with Gasteiger partial charge in [0, 0.05) is 20.2 Å². The lowest BCUT2D eigenvalue weighted by Crippen LogP contribution is -2.37. The van der Waals surface area contributed by atoms with Crippen molar-refractivity contribution in [3.05, 3.63) is 6.20 Å². The van der Waals surface area contributed by atoms with Gasteiger partial charge in [-0.25, -0.2) is 0 Å². The van der Waals surface area contributed by atoms with Crippen LogP contribution in [0.15, 0.2) is 6.20 Å². The van der Waals surface area contributed by atoms with Gasteiger partial charge in [0.25, 0.3) is 0 Å². The Kier molecular flexibility index (Phi) is 5.32. The third-order valence-electron chi connectivity index (χ3n) is 3.38. The van der Waals surface area contributed by atoms with E-state index in [9.17, 15) is 0 Å². The summed E-state index contributed by atoms with van der Waals surface area (Å²) in [6, 6.07) is 0.229. The fraction of sp³-hybridized carbons (Fsp3) is 0.643. The summed E-state index contributed by atoms with van der Waals surface area (Å²) in [7, 11) is 1.71. The van der Waals surface area contributed by atoms with Gasteiger partial charge in [0.2, 0.25) is 5.95 Å². The maximum Gasteiger partial charge on any atom is 0.226 e. The van der Waals surface area contributed by atoms with Crippen LogP contribution in [0.4, 0.5) is 11.8 Å². The van der Waals surface area contributed by atoms with E-state index in [0.717, 1.165) is 36.4 Å². The molecule has 0 aliphatic carbocycles. The number of methoxy groups -OCH3 is 1. The minimum absolute atomic E-state index is 0.229. The van der Waals surface area contributed by atoms with Crippen LogP contribution in [0.2, 0.25) is 0 Å². The molecule has 2 aromatic rings. The molecule has 2 rings (SSSR count). The Morgan fingerprint density at radius 1 is 1.38 bits per heavy atom. The Balaban J connectivity index is 2.41. The molecule has 0 spiro atoms. The normalized spacial score (nSPS) is 12.6. The Labute approximate surface area is 125 Å². The number of hydrogen-bond donors (Lipinski definition) is 2. The minimum atomic E-state index is 0.229. The number of aromatic amines is 1. The van der Waals surface area contributed by atoms with Gasteiger partial charge in [-0.3, -0.25) is 5.10 Å². The van der Waals surface area contributed by atoms with Crippen LogP contribution in [0.3, 0.4) is 0 Å². The Bertz CT molecular complexity index is 570. The summed E-state index contributed by atoms with van der Waals surface area (Å²) >= 11 is 0. The first-order chi connectivity index (χ1) is 10.2. The number of aromatic nitrogens is 4. The zero-order valence-electron chi connectivity index (χ0n) is 13.2. The van der Waals surface area contributed by atoms with Crippen LogP contribution in [0, 0.1) is 0 Å². The van der Waals surface area contributed by atoms with E-state index in [2.05, 4.69) is 51.2 Å². The van der Waals surface area contributed by atoms with Gasteiger partial charge in [-0.05, 0) is 20.3 Å². The van der Waals surface area contributed by atoms with Crippen LogP contribution in [0.5, 0.6) is 0 Å². The van der Waals surface area contributed by atoms with E-state index in [4.69, 9.17) is 4.74 Å². The number of fused-ring (bicyclic) bond motifs is 1. The van der Waals surface area contributed by atoms with Crippen molar-refractivity contribution in [3.8, 4) is 0 Å². The molecule has 21 heavy (non-hydrogen) atoms. The quantitative estimate of drug-likeness (QED) is 0.775. The smallest absolute Gasteiger partial charge is 0.226 e. The van der Waals surface area contributed by atoms with Crippen LogP contribution < -0.4 is 10.2 Å². The van der Waals surface area contributed by atoms with Crippen molar-refractivity contribution >= 4 is 22.8 Å². The van der Waals surface area contributed by atoms with Crippen LogP contribution in [-0.4, -0.2) is 53.0 Å². The highest BCUT2D eigenvalue weighted by Crippen LogP contribution is 2.25. The summed E-state index contributed by atoms with van der Waals surface area (Å²) in [4.78, 5) is 11.3. The first kappa shape index (κ1) is 15.5. The Hall–Kier alpha value is -1.89. The fourth-order valence-corrected chi connectivity index (χ4v) is 2.36. The highest BCUT2D eigenvalue weighted by Gasteiger charge is 2.19. The van der Waals surface area contributed by atoms with Crippen molar-refractivity contribution in [1.29, 1.82) is 0 Å². The zero-order valence-corrected chi connectivity index (χ0v) is 13.2. The van der Waals surface area contributed by atoms with Gasteiger partial charge in [0.1, 0.15) is 5.82 Å². The number of H-pyrrole nitrogens is 1. The maximum atomic E-state index is 5.27. The second-order valence-electron chi connectivity index (χ2n) is 5.02. The standard InChI is InChI=1S/C14H24N6O/c1-5-7-15-14-17-12-11(8-16-19-12)13(18-14)20(6-2)10(3)9-21-4/h8,10H,5-7,9H2,1-4H3,(H2,15,16,17,18,19). The maximum absolute atomic E-state index is 5.27. The molecule has 7 nitrogen and oxygen atoms in total. The molecule has 0 saturated heterocycles. The van der Waals surface area contributed by atoms with Gasteiger partial charge in [-0.2, -0.15) is 15.1 Å². The third kappa shape index (κ3) is 3.41. The van der Waals surface area contributed by atoms with E-state index >= 15 is 0 Å². The molecule has 0 aromatic carbocycles. The molecule has 0 saturated carbocycles. The number of nitrogens with one attached hydrogen (secondary N) is 2. The summed E-state index contributed by atoms with van der Waals surface area (Å²) in [5, 5.41) is 11.2. The number of ether oxygens (including phenoxy) is 1. The zero-order chi connectivity index (χ0) is 15.2. The van der Waals surface area contributed by atoms with Crippen LogP contribution in [-0.2, 0) is 4.74 Å². The van der Waals surface area contributed by atoms with E-state index in [-0.39, 0.29) is 6.04 Å². The molecule has 1 atom stereocenters. The highest BCUT2D eigenvalue weighted by atomic mass is 16.5. The number of nitrogens with zero attached hydrogens (tertiary/aromatic N) is 4. The first-order valence-corrected chi connectivity index (χ1v) is 7.41. The van der Waals surface area contributed by atoms with Crippen LogP contribution in [0.1, 0.15) is 27.2 Å². The Morgan fingerprint density at radius 2 is 2.19 bits per heavy atom. The van der Waals surface area contributed by atoms with E-state index in [0.29, 0.717) is 12.6 Å². The monoisotopic (exact) mass is 292 g/mol. The molecular weight excluding hydrogens is 268 g/mol. The molecule has 1 unspecified atom stereocenters. The molecule has 0 bridgehead atoms. The van der Waals surface area contributed by atoms with Crippen LogP contribution >= 0.6 is 0 Å². The molecule has 0 radical (unpaired) electrons. The summed E-state index contributed by atoms with van der Waals surface area (Å²) in [5.41, 5.74) is 0.752. The van der Waals surface area contributed by atoms with Gasteiger partial charge >= 0.3 is 0 Å². The molecule has 2 aromatic heterocycles. The average molecular weight is 292 g/mol. The fourth-order valence-electron chi connectivity index (χ4n) is 2.36. The number of likely N-dealkylation sites (N-methyl/N-ethyl adjacent to an activating group) is 1. The van der Waals surface area contributed by atoms with E-state index in [1.54, 1.807) is 13.3 Å². The Morgan fingerprint density at radius 3 is 2.86 bits per heavy atom. The number of hydrogen-bond acceptors (Lipinski definition) is 6. The molecular formula is C14H24N6O. The van der Waals surface area contributed by atoms with Gasteiger partial charge in [0.15, 0.2) is 5.65 Å². The van der Waals surface area contributed by atoms with Gasteiger partial charge in [-0.15, -0.1) is 0 Å². The van der Waals surface area contributed by atoms with Crippen molar-refractivity contribution in [2.24, 2.45) is 0 Å². The lowest BCUT2D eigenvalue weighted by molar-refractivity contribution is 0.182. The molecule has 7 heteroatoms. The molecule has 0 aliphatic rings.